The summed E-state index contributed by atoms with van der Waals surface area (Å²) in [5.41, 5.74) is 2.08. The lowest BCUT2D eigenvalue weighted by Crippen LogP contribution is -2.10. The van der Waals surface area contributed by atoms with E-state index in [1.807, 2.05) is 35.7 Å². The molecule has 0 atom stereocenters. The number of hydrogen-bond acceptors (Lipinski definition) is 2. The number of carbonyl (C=O) groups is 1. The minimum absolute atomic E-state index is 0.0387. The molecule has 1 aromatic heterocycles. The first-order valence-electron chi connectivity index (χ1n) is 5.23. The van der Waals surface area contributed by atoms with E-state index in [0.29, 0.717) is 0 Å². The van der Waals surface area contributed by atoms with Gasteiger partial charge in [0.1, 0.15) is 0 Å². The molecule has 0 aliphatic rings. The minimum Gasteiger partial charge on any atom is -0.321 e. The van der Waals surface area contributed by atoms with Crippen molar-refractivity contribution < 1.29 is 4.79 Å². The fraction of sp³-hybridized carbons (Fsp3) is 0.154. The Morgan fingerprint density at radius 3 is 2.88 bits per heavy atom. The summed E-state index contributed by atoms with van der Waals surface area (Å²) in [6.07, 6.45) is 0.975. The van der Waals surface area contributed by atoms with E-state index in [4.69, 9.17) is 0 Å². The zero-order valence-corrected chi connectivity index (χ0v) is 9.88. The van der Waals surface area contributed by atoms with E-state index >= 15 is 0 Å². The predicted octanol–water partition coefficient (Wildman–Crippen LogP) is 3.56. The van der Waals surface area contributed by atoms with Gasteiger partial charge in [-0.25, -0.2) is 0 Å². The highest BCUT2D eigenvalue weighted by Gasteiger charge is 2.06. The molecular formula is C13H13NOS. The Bertz CT molecular complexity index is 476. The maximum atomic E-state index is 11.8. The molecule has 1 N–H and O–H groups in total. The highest BCUT2D eigenvalue weighted by molar-refractivity contribution is 7.12. The van der Waals surface area contributed by atoms with Crippen molar-refractivity contribution in [2.45, 2.75) is 13.3 Å². The number of benzene rings is 1. The number of hydrogen-bond donors (Lipinski definition) is 1. The molecule has 16 heavy (non-hydrogen) atoms. The van der Waals surface area contributed by atoms with Crippen molar-refractivity contribution in [1.82, 2.24) is 0 Å². The van der Waals surface area contributed by atoms with Crippen LogP contribution in [0.15, 0.2) is 41.8 Å². The van der Waals surface area contributed by atoms with Gasteiger partial charge in [-0.3, -0.25) is 4.79 Å². The first-order valence-corrected chi connectivity index (χ1v) is 6.11. The zero-order chi connectivity index (χ0) is 11.4. The van der Waals surface area contributed by atoms with Gasteiger partial charge in [-0.15, -0.1) is 11.3 Å². The van der Waals surface area contributed by atoms with Gasteiger partial charge in [0.2, 0.25) is 0 Å². The molecule has 0 radical (unpaired) electrons. The van der Waals surface area contributed by atoms with Crippen LogP contribution < -0.4 is 5.32 Å². The van der Waals surface area contributed by atoms with E-state index in [-0.39, 0.29) is 5.91 Å². The predicted molar refractivity (Wildman–Crippen MR) is 68.1 cm³/mol. The second-order valence-corrected chi connectivity index (χ2v) is 4.43. The van der Waals surface area contributed by atoms with Gasteiger partial charge in [-0.2, -0.15) is 0 Å². The van der Waals surface area contributed by atoms with Gasteiger partial charge < -0.3 is 5.32 Å². The smallest absolute Gasteiger partial charge is 0.265 e. The topological polar surface area (TPSA) is 29.1 Å². The van der Waals surface area contributed by atoms with Crippen molar-refractivity contribution in [3.05, 3.63) is 52.2 Å². The molecule has 0 saturated heterocycles. The molecular weight excluding hydrogens is 218 g/mol. The number of thiophene rings is 1. The van der Waals surface area contributed by atoms with Crippen LogP contribution >= 0.6 is 11.3 Å². The summed E-state index contributed by atoms with van der Waals surface area (Å²) in [5.74, 6) is -0.0387. The fourth-order valence-electron chi connectivity index (χ4n) is 1.47. The molecule has 1 heterocycles. The molecule has 82 valence electrons. The summed E-state index contributed by atoms with van der Waals surface area (Å²) in [6.45, 7) is 2.10. The Morgan fingerprint density at radius 2 is 2.19 bits per heavy atom. The SMILES string of the molecule is CCc1cccc(NC(=O)c2cccs2)c1. The average Bonchev–Trinajstić information content (AvgIpc) is 2.83. The van der Waals surface area contributed by atoms with E-state index in [1.165, 1.54) is 16.9 Å². The Morgan fingerprint density at radius 1 is 1.31 bits per heavy atom. The van der Waals surface area contributed by atoms with E-state index in [2.05, 4.69) is 18.3 Å². The molecule has 0 unspecified atom stereocenters. The average molecular weight is 231 g/mol. The molecule has 2 rings (SSSR count). The van der Waals surface area contributed by atoms with Crippen molar-refractivity contribution in [1.29, 1.82) is 0 Å². The standard InChI is InChI=1S/C13H13NOS/c1-2-10-5-3-6-11(9-10)14-13(15)12-7-4-8-16-12/h3-9H,2H2,1H3,(H,14,15). The number of amides is 1. The van der Waals surface area contributed by atoms with Crippen LogP contribution in [0, 0.1) is 0 Å². The summed E-state index contributed by atoms with van der Waals surface area (Å²) in [5, 5.41) is 4.79. The molecule has 2 aromatic rings. The third kappa shape index (κ3) is 2.49. The lowest BCUT2D eigenvalue weighted by atomic mass is 10.1. The molecule has 2 nitrogen and oxygen atoms in total. The maximum Gasteiger partial charge on any atom is 0.265 e. The quantitative estimate of drug-likeness (QED) is 0.859. The van der Waals surface area contributed by atoms with E-state index in [0.717, 1.165) is 17.0 Å². The normalized spacial score (nSPS) is 10.1. The van der Waals surface area contributed by atoms with Gasteiger partial charge in [0, 0.05) is 5.69 Å². The van der Waals surface area contributed by atoms with Crippen molar-refractivity contribution >= 4 is 22.9 Å². The van der Waals surface area contributed by atoms with Crippen LogP contribution in [0.4, 0.5) is 5.69 Å². The van der Waals surface area contributed by atoms with Gasteiger partial charge in [0.15, 0.2) is 0 Å². The summed E-state index contributed by atoms with van der Waals surface area (Å²) in [4.78, 5) is 12.5. The summed E-state index contributed by atoms with van der Waals surface area (Å²) in [6, 6.07) is 11.6. The second kappa shape index (κ2) is 4.94. The third-order valence-corrected chi connectivity index (χ3v) is 3.21. The van der Waals surface area contributed by atoms with Crippen LogP contribution in [0.3, 0.4) is 0 Å². The number of aryl methyl sites for hydroxylation is 1. The van der Waals surface area contributed by atoms with E-state index in [1.54, 1.807) is 0 Å². The maximum absolute atomic E-state index is 11.8. The first kappa shape index (κ1) is 10.9. The second-order valence-electron chi connectivity index (χ2n) is 3.49. The Balaban J connectivity index is 2.12. The molecule has 0 saturated carbocycles. The highest BCUT2D eigenvalue weighted by atomic mass is 32.1. The molecule has 3 heteroatoms. The number of anilines is 1. The van der Waals surface area contributed by atoms with Gasteiger partial charge in [-0.05, 0) is 35.6 Å². The third-order valence-electron chi connectivity index (χ3n) is 2.34. The van der Waals surface area contributed by atoms with E-state index < -0.39 is 0 Å². The van der Waals surface area contributed by atoms with Crippen LogP contribution in [-0.4, -0.2) is 5.91 Å². The molecule has 1 amide bonds. The van der Waals surface area contributed by atoms with Gasteiger partial charge >= 0.3 is 0 Å². The first-order chi connectivity index (χ1) is 7.79. The summed E-state index contributed by atoms with van der Waals surface area (Å²) < 4.78 is 0. The summed E-state index contributed by atoms with van der Waals surface area (Å²) >= 11 is 1.45. The number of rotatable bonds is 3. The Hall–Kier alpha value is -1.61. The Kier molecular flexibility index (Phi) is 3.37. The molecule has 0 aliphatic heterocycles. The van der Waals surface area contributed by atoms with Crippen LogP contribution in [0.5, 0.6) is 0 Å². The summed E-state index contributed by atoms with van der Waals surface area (Å²) in [7, 11) is 0. The minimum atomic E-state index is -0.0387. The van der Waals surface area contributed by atoms with Crippen molar-refractivity contribution in [3.63, 3.8) is 0 Å². The number of carbonyl (C=O) groups excluding carboxylic acids is 1. The molecule has 0 bridgehead atoms. The molecule has 0 fully saturated rings. The van der Waals surface area contributed by atoms with Gasteiger partial charge in [0.25, 0.3) is 5.91 Å². The lowest BCUT2D eigenvalue weighted by molar-refractivity contribution is 0.103. The van der Waals surface area contributed by atoms with Crippen LogP contribution in [0.1, 0.15) is 22.2 Å². The lowest BCUT2D eigenvalue weighted by Gasteiger charge is -2.05. The van der Waals surface area contributed by atoms with Crippen molar-refractivity contribution in [2.24, 2.45) is 0 Å². The Labute approximate surface area is 98.9 Å². The molecule has 1 aromatic carbocycles. The van der Waals surface area contributed by atoms with E-state index in [9.17, 15) is 4.79 Å². The molecule has 0 aliphatic carbocycles. The monoisotopic (exact) mass is 231 g/mol. The largest absolute Gasteiger partial charge is 0.321 e. The van der Waals surface area contributed by atoms with Gasteiger partial charge in [0.05, 0.1) is 4.88 Å². The van der Waals surface area contributed by atoms with Gasteiger partial charge in [-0.1, -0.05) is 25.1 Å². The van der Waals surface area contributed by atoms with Crippen molar-refractivity contribution in [2.75, 3.05) is 5.32 Å². The number of nitrogens with one attached hydrogen (secondary N) is 1. The van der Waals surface area contributed by atoms with Crippen LogP contribution in [-0.2, 0) is 6.42 Å². The van der Waals surface area contributed by atoms with Crippen LogP contribution in [0.25, 0.3) is 0 Å². The molecule has 0 spiro atoms. The zero-order valence-electron chi connectivity index (χ0n) is 9.07. The fourth-order valence-corrected chi connectivity index (χ4v) is 2.09. The highest BCUT2D eigenvalue weighted by Crippen LogP contribution is 2.14. The van der Waals surface area contributed by atoms with Crippen LogP contribution in [0.2, 0.25) is 0 Å². The van der Waals surface area contributed by atoms with Crippen molar-refractivity contribution in [3.8, 4) is 0 Å².